The van der Waals surface area contributed by atoms with E-state index in [1.807, 2.05) is 22.6 Å². The van der Waals surface area contributed by atoms with Gasteiger partial charge in [-0.1, -0.05) is 29.5 Å². The maximum atomic E-state index is 10.8. The van der Waals surface area contributed by atoms with Crippen LogP contribution in [-0.2, 0) is 9.59 Å². The van der Waals surface area contributed by atoms with E-state index in [-0.39, 0.29) is 9.84 Å². The van der Waals surface area contributed by atoms with Gasteiger partial charge in [0.05, 0.1) is 11.8 Å². The minimum Gasteiger partial charge on any atom is -0.481 e. The Bertz CT molecular complexity index is 240. The van der Waals surface area contributed by atoms with Gasteiger partial charge in [-0.25, -0.2) is 0 Å². The molecule has 0 radical (unpaired) electrons. The van der Waals surface area contributed by atoms with Crippen molar-refractivity contribution < 1.29 is 19.8 Å². The zero-order chi connectivity index (χ0) is 10.2. The minimum atomic E-state index is -0.880. The van der Waals surface area contributed by atoms with Crippen molar-refractivity contribution in [3.8, 4) is 0 Å². The van der Waals surface area contributed by atoms with Crippen LogP contribution in [0.4, 0.5) is 0 Å². The van der Waals surface area contributed by atoms with Gasteiger partial charge in [0.2, 0.25) is 0 Å². The van der Waals surface area contributed by atoms with Gasteiger partial charge in [0.1, 0.15) is 0 Å². The highest BCUT2D eigenvalue weighted by atomic mass is 127. The lowest BCUT2D eigenvalue weighted by Gasteiger charge is -2.13. The summed E-state index contributed by atoms with van der Waals surface area (Å²) in [5.41, 5.74) is 0. The summed E-state index contributed by atoms with van der Waals surface area (Å²) in [4.78, 5) is 21.5. The van der Waals surface area contributed by atoms with Crippen LogP contribution in [0.2, 0.25) is 0 Å². The zero-order valence-electron chi connectivity index (χ0n) is 7.11. The van der Waals surface area contributed by atoms with Crippen molar-refractivity contribution >= 4 is 34.5 Å². The first-order chi connectivity index (χ1) is 5.95. The summed E-state index contributed by atoms with van der Waals surface area (Å²) in [6, 6.07) is 0. The summed E-state index contributed by atoms with van der Waals surface area (Å²) in [5.74, 6) is -2.82. The molecule has 0 aromatic rings. The zero-order valence-corrected chi connectivity index (χ0v) is 9.26. The lowest BCUT2D eigenvalue weighted by Crippen LogP contribution is -2.27. The molecule has 1 aliphatic rings. The Hall–Kier alpha value is -0.330. The van der Waals surface area contributed by atoms with E-state index in [0.29, 0.717) is 6.42 Å². The number of carboxylic acids is 2. The first-order valence-electron chi connectivity index (χ1n) is 4.04. The van der Waals surface area contributed by atoms with E-state index in [0.717, 1.165) is 0 Å². The van der Waals surface area contributed by atoms with Crippen LogP contribution in [0.3, 0.4) is 0 Å². The van der Waals surface area contributed by atoms with Crippen molar-refractivity contribution in [1.82, 2.24) is 0 Å². The van der Waals surface area contributed by atoms with Crippen LogP contribution >= 0.6 is 22.6 Å². The van der Waals surface area contributed by atoms with Gasteiger partial charge >= 0.3 is 11.9 Å². The second-order valence-electron chi connectivity index (χ2n) is 3.47. The topological polar surface area (TPSA) is 74.6 Å². The average molecular weight is 298 g/mol. The van der Waals surface area contributed by atoms with Crippen molar-refractivity contribution in [1.29, 1.82) is 0 Å². The van der Waals surface area contributed by atoms with E-state index in [1.165, 1.54) is 0 Å². The first-order valence-corrected chi connectivity index (χ1v) is 5.29. The molecular formula is C8H11IO4. The van der Waals surface area contributed by atoms with Gasteiger partial charge in [0, 0.05) is 3.92 Å². The lowest BCUT2D eigenvalue weighted by molar-refractivity contribution is -0.142. The van der Waals surface area contributed by atoms with Crippen molar-refractivity contribution in [2.75, 3.05) is 0 Å². The van der Waals surface area contributed by atoms with Crippen molar-refractivity contribution in [3.05, 3.63) is 0 Å². The van der Waals surface area contributed by atoms with E-state index in [1.54, 1.807) is 6.92 Å². The molecular weight excluding hydrogens is 287 g/mol. The van der Waals surface area contributed by atoms with Crippen LogP contribution < -0.4 is 0 Å². The third kappa shape index (κ3) is 1.95. The molecule has 0 aromatic carbocycles. The van der Waals surface area contributed by atoms with Crippen LogP contribution in [0.15, 0.2) is 0 Å². The summed E-state index contributed by atoms with van der Waals surface area (Å²) in [5, 5.41) is 17.7. The highest BCUT2D eigenvalue weighted by molar-refractivity contribution is 14.1. The molecule has 0 saturated heterocycles. The first kappa shape index (κ1) is 10.7. The van der Waals surface area contributed by atoms with Gasteiger partial charge in [-0.3, -0.25) is 9.59 Å². The predicted octanol–water partition coefficient (Wildman–Crippen LogP) is 1.23. The summed E-state index contributed by atoms with van der Waals surface area (Å²) < 4.78 is -0.289. The normalized spacial score (nSPS) is 38.9. The molecule has 0 heterocycles. The number of alkyl halides is 1. The highest BCUT2D eigenvalue weighted by Crippen LogP contribution is 2.41. The van der Waals surface area contributed by atoms with Crippen LogP contribution in [0, 0.1) is 17.8 Å². The van der Waals surface area contributed by atoms with Crippen molar-refractivity contribution in [2.24, 2.45) is 17.8 Å². The predicted molar refractivity (Wildman–Crippen MR) is 53.8 cm³/mol. The van der Waals surface area contributed by atoms with E-state index in [9.17, 15) is 9.59 Å². The number of rotatable bonds is 2. The Morgan fingerprint density at radius 1 is 1.31 bits per heavy atom. The van der Waals surface area contributed by atoms with Gasteiger partial charge in [-0.05, 0) is 12.3 Å². The number of hydrogen-bond acceptors (Lipinski definition) is 2. The quantitative estimate of drug-likeness (QED) is 0.594. The van der Waals surface area contributed by atoms with Crippen molar-refractivity contribution in [3.63, 3.8) is 0 Å². The van der Waals surface area contributed by atoms with Crippen LogP contribution in [0.1, 0.15) is 13.3 Å². The Morgan fingerprint density at radius 2 is 1.85 bits per heavy atom. The molecule has 4 nitrogen and oxygen atoms in total. The molecule has 0 aliphatic heterocycles. The summed E-state index contributed by atoms with van der Waals surface area (Å²) >= 11 is 1.94. The Kier molecular flexibility index (Phi) is 3.15. The van der Waals surface area contributed by atoms with Gasteiger partial charge in [0.15, 0.2) is 0 Å². The molecule has 74 valence electrons. The second kappa shape index (κ2) is 3.81. The number of aliphatic carboxylic acids is 2. The fourth-order valence-electron chi connectivity index (χ4n) is 1.86. The van der Waals surface area contributed by atoms with E-state index >= 15 is 0 Å². The summed E-state index contributed by atoms with van der Waals surface area (Å²) in [6.45, 7) is 1.80. The largest absolute Gasteiger partial charge is 0.481 e. The molecule has 1 fully saturated rings. The standard InChI is InChI=1S/C8H11IO4/c1-3-2-4(7(10)11)6(9)5(3)8(12)13/h3-6H,2H2,1H3,(H,10,11)(H,12,13). The number of halogens is 1. The molecule has 4 unspecified atom stereocenters. The number of carboxylic acid groups (broad SMARTS) is 2. The van der Waals surface area contributed by atoms with Gasteiger partial charge in [-0.15, -0.1) is 0 Å². The van der Waals surface area contributed by atoms with Crippen LogP contribution in [0.5, 0.6) is 0 Å². The monoisotopic (exact) mass is 298 g/mol. The van der Waals surface area contributed by atoms with Gasteiger partial charge < -0.3 is 10.2 Å². The van der Waals surface area contributed by atoms with Crippen molar-refractivity contribution in [2.45, 2.75) is 17.3 Å². The molecule has 0 spiro atoms. The number of carbonyl (C=O) groups is 2. The second-order valence-corrected chi connectivity index (χ2v) is 4.90. The molecule has 1 rings (SSSR count). The average Bonchev–Trinajstić information content (AvgIpc) is 2.26. The Morgan fingerprint density at radius 3 is 2.08 bits per heavy atom. The third-order valence-corrected chi connectivity index (χ3v) is 4.21. The molecule has 4 atom stereocenters. The smallest absolute Gasteiger partial charge is 0.307 e. The van der Waals surface area contributed by atoms with E-state index in [4.69, 9.17) is 10.2 Å². The van der Waals surface area contributed by atoms with Gasteiger partial charge in [0.25, 0.3) is 0 Å². The fraction of sp³-hybridized carbons (Fsp3) is 0.750. The van der Waals surface area contributed by atoms with E-state index in [2.05, 4.69) is 0 Å². The minimum absolute atomic E-state index is 0.0412. The molecule has 2 N–H and O–H groups in total. The van der Waals surface area contributed by atoms with Crippen LogP contribution in [0.25, 0.3) is 0 Å². The molecule has 0 aromatic heterocycles. The Balaban J connectivity index is 2.81. The third-order valence-electron chi connectivity index (χ3n) is 2.57. The Labute approximate surface area is 89.5 Å². The number of hydrogen-bond donors (Lipinski definition) is 2. The fourth-order valence-corrected chi connectivity index (χ4v) is 3.48. The summed E-state index contributed by atoms with van der Waals surface area (Å²) in [6.07, 6.45) is 0.472. The maximum absolute atomic E-state index is 10.8. The molecule has 5 heteroatoms. The lowest BCUT2D eigenvalue weighted by atomic mass is 9.99. The van der Waals surface area contributed by atoms with Gasteiger partial charge in [-0.2, -0.15) is 0 Å². The molecule has 0 amide bonds. The van der Waals surface area contributed by atoms with Crippen LogP contribution in [-0.4, -0.2) is 26.1 Å². The molecule has 1 saturated carbocycles. The molecule has 1 aliphatic carbocycles. The highest BCUT2D eigenvalue weighted by Gasteiger charge is 2.46. The van der Waals surface area contributed by atoms with E-state index < -0.39 is 23.8 Å². The molecule has 13 heavy (non-hydrogen) atoms. The maximum Gasteiger partial charge on any atom is 0.307 e. The molecule has 0 bridgehead atoms. The SMILES string of the molecule is CC1CC(C(=O)O)C(I)C1C(=O)O. The summed E-state index contributed by atoms with van der Waals surface area (Å²) in [7, 11) is 0.